The number of hydrogen-bond acceptors (Lipinski definition) is 3. The van der Waals surface area contributed by atoms with Gasteiger partial charge >= 0.3 is 0 Å². The molecule has 0 bridgehead atoms. The van der Waals surface area contributed by atoms with Crippen molar-refractivity contribution in [3.8, 4) is 6.07 Å². The first kappa shape index (κ1) is 12.7. The van der Waals surface area contributed by atoms with E-state index < -0.39 is 0 Å². The summed E-state index contributed by atoms with van der Waals surface area (Å²) in [5, 5.41) is 12.3. The molecule has 0 aliphatic heterocycles. The molecule has 0 fully saturated rings. The van der Waals surface area contributed by atoms with E-state index in [1.165, 1.54) is 0 Å². The van der Waals surface area contributed by atoms with E-state index in [0.29, 0.717) is 5.56 Å². The minimum absolute atomic E-state index is 0.250. The Morgan fingerprint density at radius 2 is 2.33 bits per heavy atom. The number of benzene rings is 1. The molecule has 0 spiro atoms. The molecule has 1 unspecified atom stereocenters. The van der Waals surface area contributed by atoms with Crippen LogP contribution in [0.5, 0.6) is 0 Å². The van der Waals surface area contributed by atoms with Crippen LogP contribution in [0, 0.1) is 11.3 Å². The number of rotatable bonds is 4. The van der Waals surface area contributed by atoms with E-state index in [0.717, 1.165) is 16.7 Å². The fourth-order valence-corrected chi connectivity index (χ4v) is 2.27. The van der Waals surface area contributed by atoms with Crippen molar-refractivity contribution in [3.05, 3.63) is 47.0 Å². The second-order valence-corrected chi connectivity index (χ2v) is 5.06. The molecule has 0 saturated carbocycles. The second kappa shape index (κ2) is 5.69. The van der Waals surface area contributed by atoms with Crippen LogP contribution in [0.4, 0.5) is 5.69 Å². The fourth-order valence-electron chi connectivity index (χ4n) is 1.78. The summed E-state index contributed by atoms with van der Waals surface area (Å²) in [6.45, 7) is 2.92. The van der Waals surface area contributed by atoms with Gasteiger partial charge in [-0.05, 0) is 25.1 Å². The maximum Gasteiger partial charge on any atom is 0.0992 e. The molecule has 1 N–H and O–H groups in total. The lowest BCUT2D eigenvalue weighted by Gasteiger charge is -2.16. The highest BCUT2D eigenvalue weighted by atomic mass is 79.9. The summed E-state index contributed by atoms with van der Waals surface area (Å²) in [4.78, 5) is 4.01. The first-order chi connectivity index (χ1) is 8.67. The normalized spacial score (nSPS) is 11.8. The monoisotopic (exact) mass is 304 g/mol. The summed E-state index contributed by atoms with van der Waals surface area (Å²) in [6.07, 6.45) is 5.49. The lowest BCUT2D eigenvalue weighted by molar-refractivity contribution is 0.619. The van der Waals surface area contributed by atoms with Gasteiger partial charge in [-0.2, -0.15) is 5.26 Å². The Labute approximate surface area is 114 Å². The van der Waals surface area contributed by atoms with E-state index in [9.17, 15) is 0 Å². The third-order valence-corrected chi connectivity index (χ3v) is 2.94. The van der Waals surface area contributed by atoms with E-state index in [1.54, 1.807) is 18.6 Å². The lowest BCUT2D eigenvalue weighted by Crippen LogP contribution is -2.21. The Morgan fingerprint density at radius 3 is 3.00 bits per heavy atom. The van der Waals surface area contributed by atoms with Crippen LogP contribution in [-0.4, -0.2) is 15.6 Å². The predicted molar refractivity (Wildman–Crippen MR) is 74.2 cm³/mol. The number of halogens is 1. The minimum atomic E-state index is 0.250. The Morgan fingerprint density at radius 1 is 1.50 bits per heavy atom. The molecule has 4 nitrogen and oxygen atoms in total. The van der Waals surface area contributed by atoms with Gasteiger partial charge in [0.1, 0.15) is 0 Å². The van der Waals surface area contributed by atoms with Crippen molar-refractivity contribution < 1.29 is 0 Å². The molecular weight excluding hydrogens is 292 g/mol. The molecule has 0 saturated heterocycles. The Bertz CT molecular complexity index is 557. The zero-order valence-electron chi connectivity index (χ0n) is 9.97. The Balaban J connectivity index is 2.05. The second-order valence-electron chi connectivity index (χ2n) is 4.15. The van der Waals surface area contributed by atoms with Crippen molar-refractivity contribution in [2.24, 2.45) is 0 Å². The summed E-state index contributed by atoms with van der Waals surface area (Å²) >= 11 is 3.40. The molecule has 5 heteroatoms. The van der Waals surface area contributed by atoms with Crippen molar-refractivity contribution in [2.45, 2.75) is 19.5 Å². The average Bonchev–Trinajstić information content (AvgIpc) is 2.80. The van der Waals surface area contributed by atoms with Crippen molar-refractivity contribution in [1.82, 2.24) is 9.55 Å². The van der Waals surface area contributed by atoms with Crippen LogP contribution in [0.2, 0.25) is 0 Å². The molecule has 0 aliphatic rings. The molecule has 18 heavy (non-hydrogen) atoms. The molecular formula is C13H13BrN4. The van der Waals surface area contributed by atoms with Crippen LogP contribution in [0.15, 0.2) is 41.4 Å². The van der Waals surface area contributed by atoms with Gasteiger partial charge in [-0.25, -0.2) is 4.98 Å². The van der Waals surface area contributed by atoms with Crippen LogP contribution in [0.25, 0.3) is 0 Å². The van der Waals surface area contributed by atoms with E-state index in [2.05, 4.69) is 39.2 Å². The lowest BCUT2D eigenvalue weighted by atomic mass is 10.2. The van der Waals surface area contributed by atoms with Crippen molar-refractivity contribution in [3.63, 3.8) is 0 Å². The molecule has 0 radical (unpaired) electrons. The molecule has 2 rings (SSSR count). The molecule has 1 heterocycles. The van der Waals surface area contributed by atoms with Crippen LogP contribution in [0.3, 0.4) is 0 Å². The van der Waals surface area contributed by atoms with Gasteiger partial charge in [0.2, 0.25) is 0 Å². The molecule has 0 amide bonds. The topological polar surface area (TPSA) is 53.6 Å². The zero-order chi connectivity index (χ0) is 13.0. The number of hydrogen-bond donors (Lipinski definition) is 1. The number of anilines is 1. The number of imidazole rings is 1. The average molecular weight is 305 g/mol. The third-order valence-electron chi connectivity index (χ3n) is 2.48. The Hall–Kier alpha value is -1.80. The summed E-state index contributed by atoms with van der Waals surface area (Å²) in [6, 6.07) is 8.00. The SMILES string of the molecule is CC(Cn1ccnc1)Nc1cc(Br)cc(C#N)c1. The number of aromatic nitrogens is 2. The summed E-state index contributed by atoms with van der Waals surface area (Å²) in [5.74, 6) is 0. The van der Waals surface area contributed by atoms with Crippen LogP contribution < -0.4 is 5.32 Å². The van der Waals surface area contributed by atoms with Crippen LogP contribution >= 0.6 is 15.9 Å². The van der Waals surface area contributed by atoms with Gasteiger partial charge in [0, 0.05) is 35.1 Å². The zero-order valence-corrected chi connectivity index (χ0v) is 11.6. The largest absolute Gasteiger partial charge is 0.381 e. The highest BCUT2D eigenvalue weighted by molar-refractivity contribution is 9.10. The van der Waals surface area contributed by atoms with Crippen molar-refractivity contribution in [1.29, 1.82) is 5.26 Å². The number of nitrogens with one attached hydrogen (secondary N) is 1. The first-order valence-electron chi connectivity index (χ1n) is 5.60. The third kappa shape index (κ3) is 3.34. The van der Waals surface area contributed by atoms with E-state index in [-0.39, 0.29) is 6.04 Å². The highest BCUT2D eigenvalue weighted by Gasteiger charge is 2.05. The molecule has 1 atom stereocenters. The van der Waals surface area contributed by atoms with Gasteiger partial charge in [-0.3, -0.25) is 0 Å². The minimum Gasteiger partial charge on any atom is -0.381 e. The maximum absolute atomic E-state index is 8.92. The summed E-state index contributed by atoms with van der Waals surface area (Å²) in [7, 11) is 0. The van der Waals surface area contributed by atoms with E-state index in [4.69, 9.17) is 5.26 Å². The van der Waals surface area contributed by atoms with Crippen molar-refractivity contribution >= 4 is 21.6 Å². The van der Waals surface area contributed by atoms with Gasteiger partial charge in [0.15, 0.2) is 0 Å². The van der Waals surface area contributed by atoms with Gasteiger partial charge in [-0.1, -0.05) is 15.9 Å². The van der Waals surface area contributed by atoms with E-state index >= 15 is 0 Å². The smallest absolute Gasteiger partial charge is 0.0992 e. The van der Waals surface area contributed by atoms with Crippen LogP contribution in [-0.2, 0) is 6.54 Å². The number of nitriles is 1. The molecule has 0 aliphatic carbocycles. The fraction of sp³-hybridized carbons (Fsp3) is 0.231. The number of nitrogens with zero attached hydrogens (tertiary/aromatic N) is 3. The molecule has 2 aromatic rings. The molecule has 1 aromatic heterocycles. The maximum atomic E-state index is 8.92. The molecule has 92 valence electrons. The summed E-state index contributed by atoms with van der Waals surface area (Å²) in [5.41, 5.74) is 1.58. The molecule has 1 aromatic carbocycles. The van der Waals surface area contributed by atoms with Gasteiger partial charge < -0.3 is 9.88 Å². The quantitative estimate of drug-likeness (QED) is 0.944. The summed E-state index contributed by atoms with van der Waals surface area (Å²) < 4.78 is 2.92. The van der Waals surface area contributed by atoms with E-state index in [1.807, 2.05) is 22.9 Å². The predicted octanol–water partition coefficient (Wildman–Crippen LogP) is 3.02. The van der Waals surface area contributed by atoms with Gasteiger partial charge in [0.05, 0.1) is 18.0 Å². The van der Waals surface area contributed by atoms with Crippen molar-refractivity contribution in [2.75, 3.05) is 5.32 Å². The first-order valence-corrected chi connectivity index (χ1v) is 6.39. The standard InChI is InChI=1S/C13H13BrN4/c1-10(8-18-3-2-16-9-18)17-13-5-11(7-15)4-12(14)6-13/h2-6,9-10,17H,8H2,1H3. The highest BCUT2D eigenvalue weighted by Crippen LogP contribution is 2.20. The van der Waals surface area contributed by atoms with Gasteiger partial charge in [-0.15, -0.1) is 0 Å². The Kier molecular flexibility index (Phi) is 4.00. The van der Waals surface area contributed by atoms with Crippen LogP contribution in [0.1, 0.15) is 12.5 Å². The van der Waals surface area contributed by atoms with Gasteiger partial charge in [0.25, 0.3) is 0 Å².